The van der Waals surface area contributed by atoms with Crippen molar-refractivity contribution in [1.29, 1.82) is 0 Å². The lowest BCUT2D eigenvalue weighted by atomic mass is 10.1. The van der Waals surface area contributed by atoms with E-state index < -0.39 is 0 Å². The summed E-state index contributed by atoms with van der Waals surface area (Å²) in [6, 6.07) is 0. The van der Waals surface area contributed by atoms with Crippen molar-refractivity contribution in [3.05, 3.63) is 0 Å². The van der Waals surface area contributed by atoms with Crippen molar-refractivity contribution in [3.8, 4) is 0 Å². The second-order valence-electron chi connectivity index (χ2n) is 4.12. The van der Waals surface area contributed by atoms with Gasteiger partial charge in [-0.25, -0.2) is 9.78 Å². The molecule has 1 rings (SSSR count). The SMILES string of the molecule is C1CCOOC1.CCCCCCCCC. The predicted octanol–water partition coefficient (Wildman–Crippen LogP) is 4.49. The molecule has 1 aliphatic rings. The van der Waals surface area contributed by atoms with Gasteiger partial charge in [-0.3, -0.25) is 0 Å². The van der Waals surface area contributed by atoms with Crippen molar-refractivity contribution >= 4 is 0 Å². The minimum Gasteiger partial charge on any atom is -0.237 e. The quantitative estimate of drug-likeness (QED) is 0.481. The van der Waals surface area contributed by atoms with Crippen molar-refractivity contribution in [3.63, 3.8) is 0 Å². The standard InChI is InChI=1S/C9H20.C4H8O2/c1-3-5-7-9-8-6-4-2;1-2-4-6-5-3-1/h3-9H2,1-2H3;1-4H2. The molecule has 0 aliphatic carbocycles. The van der Waals surface area contributed by atoms with Crippen LogP contribution in [0.25, 0.3) is 0 Å². The van der Waals surface area contributed by atoms with Gasteiger partial charge in [0.15, 0.2) is 0 Å². The molecule has 0 N–H and O–H groups in total. The van der Waals surface area contributed by atoms with Gasteiger partial charge < -0.3 is 0 Å². The van der Waals surface area contributed by atoms with E-state index in [0.29, 0.717) is 0 Å². The first-order chi connectivity index (χ1) is 7.41. The number of rotatable bonds is 6. The third kappa shape index (κ3) is 13.9. The summed E-state index contributed by atoms with van der Waals surface area (Å²) in [5.74, 6) is 0. The average Bonchev–Trinajstić information content (AvgIpc) is 2.32. The van der Waals surface area contributed by atoms with Gasteiger partial charge in [-0.05, 0) is 12.8 Å². The Morgan fingerprint density at radius 3 is 1.33 bits per heavy atom. The Balaban J connectivity index is 0.000000280. The largest absolute Gasteiger partial charge is 0.237 e. The summed E-state index contributed by atoms with van der Waals surface area (Å²) in [6.45, 7) is 6.08. The zero-order valence-corrected chi connectivity index (χ0v) is 10.6. The molecule has 0 amide bonds. The van der Waals surface area contributed by atoms with E-state index in [0.717, 1.165) is 26.1 Å². The van der Waals surface area contributed by atoms with Crippen molar-refractivity contribution in [2.75, 3.05) is 13.2 Å². The Kier molecular flexibility index (Phi) is 13.8. The van der Waals surface area contributed by atoms with Gasteiger partial charge in [0.1, 0.15) is 0 Å². The van der Waals surface area contributed by atoms with Crippen LogP contribution in [0.1, 0.15) is 71.6 Å². The Morgan fingerprint density at radius 2 is 1.07 bits per heavy atom. The fraction of sp³-hybridized carbons (Fsp3) is 1.00. The molecule has 1 heterocycles. The summed E-state index contributed by atoms with van der Waals surface area (Å²) >= 11 is 0. The van der Waals surface area contributed by atoms with Crippen LogP contribution in [0, 0.1) is 0 Å². The van der Waals surface area contributed by atoms with Crippen LogP contribution in [-0.2, 0) is 9.78 Å². The van der Waals surface area contributed by atoms with Crippen LogP contribution in [0.5, 0.6) is 0 Å². The van der Waals surface area contributed by atoms with Crippen molar-refractivity contribution in [2.24, 2.45) is 0 Å². The molecule has 1 saturated heterocycles. The van der Waals surface area contributed by atoms with Crippen LogP contribution >= 0.6 is 0 Å². The summed E-state index contributed by atoms with van der Waals surface area (Å²) < 4.78 is 0. The van der Waals surface area contributed by atoms with Crippen LogP contribution in [0.15, 0.2) is 0 Å². The maximum atomic E-state index is 4.57. The summed E-state index contributed by atoms with van der Waals surface area (Å²) in [5.41, 5.74) is 0. The highest BCUT2D eigenvalue weighted by Gasteiger charge is 1.95. The van der Waals surface area contributed by atoms with Gasteiger partial charge >= 0.3 is 0 Å². The van der Waals surface area contributed by atoms with Crippen LogP contribution in [0.3, 0.4) is 0 Å². The van der Waals surface area contributed by atoms with Gasteiger partial charge in [-0.1, -0.05) is 58.8 Å². The third-order valence-corrected chi connectivity index (χ3v) is 2.50. The van der Waals surface area contributed by atoms with Crippen molar-refractivity contribution in [1.82, 2.24) is 0 Å². The first-order valence-electron chi connectivity index (χ1n) is 6.66. The maximum Gasteiger partial charge on any atom is 0.0823 e. The summed E-state index contributed by atoms with van der Waals surface area (Å²) in [6.07, 6.45) is 12.3. The molecule has 0 aromatic heterocycles. The Morgan fingerprint density at radius 1 is 0.667 bits per heavy atom. The second kappa shape index (κ2) is 13.9. The smallest absolute Gasteiger partial charge is 0.0823 e. The van der Waals surface area contributed by atoms with Gasteiger partial charge in [-0.15, -0.1) is 0 Å². The van der Waals surface area contributed by atoms with E-state index in [-0.39, 0.29) is 0 Å². The maximum absolute atomic E-state index is 4.57. The van der Waals surface area contributed by atoms with E-state index in [1.807, 2.05) is 0 Å². The zero-order valence-electron chi connectivity index (χ0n) is 10.6. The Bertz CT molecular complexity index is 83.2. The molecule has 0 radical (unpaired) electrons. The molecule has 0 atom stereocenters. The highest BCUT2D eigenvalue weighted by atomic mass is 17.2. The lowest BCUT2D eigenvalue weighted by Gasteiger charge is -2.07. The highest BCUT2D eigenvalue weighted by molar-refractivity contribution is 4.41. The topological polar surface area (TPSA) is 18.5 Å². The third-order valence-electron chi connectivity index (χ3n) is 2.50. The zero-order chi connectivity index (χ0) is 11.2. The first kappa shape index (κ1) is 14.9. The molecule has 15 heavy (non-hydrogen) atoms. The van der Waals surface area contributed by atoms with Gasteiger partial charge in [0.25, 0.3) is 0 Å². The van der Waals surface area contributed by atoms with E-state index in [9.17, 15) is 0 Å². The van der Waals surface area contributed by atoms with Crippen molar-refractivity contribution < 1.29 is 9.78 Å². The molecule has 2 heteroatoms. The highest BCUT2D eigenvalue weighted by Crippen LogP contribution is 2.05. The van der Waals surface area contributed by atoms with Gasteiger partial charge in [-0.2, -0.15) is 0 Å². The average molecular weight is 216 g/mol. The van der Waals surface area contributed by atoms with Crippen LogP contribution in [0.4, 0.5) is 0 Å². The van der Waals surface area contributed by atoms with E-state index in [2.05, 4.69) is 23.6 Å². The van der Waals surface area contributed by atoms with Gasteiger partial charge in [0, 0.05) is 0 Å². The van der Waals surface area contributed by atoms with E-state index >= 15 is 0 Å². The molecule has 2 nitrogen and oxygen atoms in total. The molecule has 0 bridgehead atoms. The molecule has 1 fully saturated rings. The Labute approximate surface area is 95.3 Å². The van der Waals surface area contributed by atoms with E-state index in [1.165, 1.54) is 44.9 Å². The summed E-state index contributed by atoms with van der Waals surface area (Å²) in [4.78, 5) is 9.14. The van der Waals surface area contributed by atoms with Gasteiger partial charge in [0.2, 0.25) is 0 Å². The molecule has 0 saturated carbocycles. The minimum atomic E-state index is 0.778. The summed E-state index contributed by atoms with van der Waals surface area (Å²) in [7, 11) is 0. The lowest BCUT2D eigenvalue weighted by Crippen LogP contribution is -2.05. The minimum absolute atomic E-state index is 0.778. The van der Waals surface area contributed by atoms with Crippen LogP contribution in [0.2, 0.25) is 0 Å². The van der Waals surface area contributed by atoms with E-state index in [4.69, 9.17) is 0 Å². The molecular formula is C13H28O2. The molecule has 0 unspecified atom stereocenters. The second-order valence-corrected chi connectivity index (χ2v) is 4.12. The number of hydrogen-bond acceptors (Lipinski definition) is 2. The monoisotopic (exact) mass is 216 g/mol. The molecule has 0 aromatic carbocycles. The van der Waals surface area contributed by atoms with Crippen LogP contribution < -0.4 is 0 Å². The number of hydrogen-bond donors (Lipinski definition) is 0. The van der Waals surface area contributed by atoms with Gasteiger partial charge in [0.05, 0.1) is 13.2 Å². The number of unbranched alkanes of at least 4 members (excludes halogenated alkanes) is 6. The van der Waals surface area contributed by atoms with Crippen molar-refractivity contribution in [2.45, 2.75) is 71.6 Å². The predicted molar refractivity (Wildman–Crippen MR) is 64.8 cm³/mol. The lowest BCUT2D eigenvalue weighted by molar-refractivity contribution is -0.312. The first-order valence-corrected chi connectivity index (χ1v) is 6.66. The normalized spacial score (nSPS) is 15.6. The molecule has 0 spiro atoms. The Hall–Kier alpha value is -0.0800. The summed E-state index contributed by atoms with van der Waals surface area (Å²) in [5, 5.41) is 0. The molecule has 0 aromatic rings. The molecular weight excluding hydrogens is 188 g/mol. The van der Waals surface area contributed by atoms with E-state index in [1.54, 1.807) is 0 Å². The molecule has 92 valence electrons. The van der Waals surface area contributed by atoms with Crippen LogP contribution in [-0.4, -0.2) is 13.2 Å². The fourth-order valence-corrected chi connectivity index (χ4v) is 1.47. The fourth-order valence-electron chi connectivity index (χ4n) is 1.47. The molecule has 1 aliphatic heterocycles.